The molecule has 0 aliphatic carbocycles. The fraction of sp³-hybridized carbons (Fsp3) is 0.312. The molecule has 0 spiro atoms. The predicted octanol–water partition coefficient (Wildman–Crippen LogP) is 5.18. The van der Waals surface area contributed by atoms with Gasteiger partial charge in [-0.05, 0) is 13.0 Å². The van der Waals surface area contributed by atoms with Crippen molar-refractivity contribution in [3.8, 4) is 0 Å². The number of alkyl halides is 6. The molecule has 2 N–H and O–H groups in total. The molecule has 1 atom stereocenters. The molecule has 28 heavy (non-hydrogen) atoms. The van der Waals surface area contributed by atoms with Crippen LogP contribution in [0.1, 0.15) is 29.1 Å². The Morgan fingerprint density at radius 1 is 1.14 bits per heavy atom. The van der Waals surface area contributed by atoms with E-state index in [1.807, 2.05) is 0 Å². The van der Waals surface area contributed by atoms with Crippen LogP contribution in [0.15, 0.2) is 34.2 Å². The molecule has 0 amide bonds. The third-order valence-electron chi connectivity index (χ3n) is 3.67. The molecule has 0 saturated heterocycles. The largest absolute Gasteiger partial charge is 0.462 e. The SMILES string of the molecule is CC(Sc1nc(N)cc(C(F)(F)F)n1)c1cc2c(CC(F)(F)F)coc2cn1. The molecule has 3 rings (SSSR count). The van der Waals surface area contributed by atoms with Crippen LogP contribution in [0.5, 0.6) is 0 Å². The van der Waals surface area contributed by atoms with E-state index < -0.39 is 29.7 Å². The van der Waals surface area contributed by atoms with E-state index in [1.54, 1.807) is 6.92 Å². The lowest BCUT2D eigenvalue weighted by Crippen LogP contribution is -2.11. The van der Waals surface area contributed by atoms with Gasteiger partial charge in [0.25, 0.3) is 0 Å². The number of anilines is 1. The standard InChI is InChI=1S/C16H12F6N4OS/c1-7(28-14-25-12(16(20,21)22)3-13(23)26-14)10-2-9-8(4-15(17,18)19)6-27-11(9)5-24-10/h2-3,5-7H,4H2,1H3,(H2,23,25,26). The van der Waals surface area contributed by atoms with E-state index in [9.17, 15) is 26.3 Å². The van der Waals surface area contributed by atoms with Crippen molar-refractivity contribution >= 4 is 28.5 Å². The third-order valence-corrected chi connectivity index (χ3v) is 4.66. The summed E-state index contributed by atoms with van der Waals surface area (Å²) in [6, 6.07) is 2.03. The first kappa shape index (κ1) is 20.2. The van der Waals surface area contributed by atoms with Crippen molar-refractivity contribution in [1.82, 2.24) is 15.0 Å². The van der Waals surface area contributed by atoms with Crippen LogP contribution in [0.25, 0.3) is 11.0 Å². The third kappa shape index (κ3) is 4.66. The number of nitrogens with two attached hydrogens (primary N) is 1. The first-order chi connectivity index (χ1) is 12.9. The summed E-state index contributed by atoms with van der Waals surface area (Å²) >= 11 is 0.854. The maximum atomic E-state index is 12.9. The van der Waals surface area contributed by atoms with Gasteiger partial charge in [0, 0.05) is 17.0 Å². The summed E-state index contributed by atoms with van der Waals surface area (Å²) in [7, 11) is 0. The highest BCUT2D eigenvalue weighted by molar-refractivity contribution is 7.99. The van der Waals surface area contributed by atoms with Crippen molar-refractivity contribution in [1.29, 1.82) is 0 Å². The number of furan rings is 1. The number of aromatic nitrogens is 3. The topological polar surface area (TPSA) is 77.8 Å². The number of rotatable bonds is 4. The van der Waals surface area contributed by atoms with E-state index in [1.165, 1.54) is 12.3 Å². The van der Waals surface area contributed by atoms with Crippen molar-refractivity contribution in [3.63, 3.8) is 0 Å². The van der Waals surface area contributed by atoms with Gasteiger partial charge in [-0.2, -0.15) is 26.3 Å². The van der Waals surface area contributed by atoms with Gasteiger partial charge in [-0.3, -0.25) is 4.98 Å². The number of thioether (sulfide) groups is 1. The quantitative estimate of drug-likeness (QED) is 0.355. The van der Waals surface area contributed by atoms with Crippen LogP contribution in [-0.4, -0.2) is 21.1 Å². The molecule has 3 aromatic heterocycles. The van der Waals surface area contributed by atoms with E-state index in [0.717, 1.165) is 18.0 Å². The molecule has 0 aliphatic heterocycles. The Morgan fingerprint density at radius 2 is 1.86 bits per heavy atom. The van der Waals surface area contributed by atoms with Crippen LogP contribution in [0.2, 0.25) is 0 Å². The monoisotopic (exact) mass is 422 g/mol. The van der Waals surface area contributed by atoms with Crippen LogP contribution < -0.4 is 5.73 Å². The van der Waals surface area contributed by atoms with Crippen molar-refractivity contribution < 1.29 is 30.8 Å². The summed E-state index contributed by atoms with van der Waals surface area (Å²) in [4.78, 5) is 11.3. The van der Waals surface area contributed by atoms with Gasteiger partial charge in [-0.15, -0.1) is 0 Å². The molecule has 0 bridgehead atoms. The minimum absolute atomic E-state index is 0.0529. The summed E-state index contributed by atoms with van der Waals surface area (Å²) in [6.07, 6.45) is -7.99. The number of hydrogen-bond acceptors (Lipinski definition) is 6. The molecule has 1 unspecified atom stereocenters. The Bertz CT molecular complexity index is 1000. The Labute approximate surface area is 158 Å². The van der Waals surface area contributed by atoms with Gasteiger partial charge in [-0.1, -0.05) is 11.8 Å². The molecule has 0 fully saturated rings. The summed E-state index contributed by atoms with van der Waals surface area (Å²) in [6.45, 7) is 1.61. The molecule has 3 heterocycles. The zero-order valence-electron chi connectivity index (χ0n) is 14.1. The number of halogens is 6. The van der Waals surface area contributed by atoms with Crippen LogP contribution in [0.3, 0.4) is 0 Å². The lowest BCUT2D eigenvalue weighted by molar-refractivity contribution is -0.141. The normalized spacial score (nSPS) is 13.8. The molecule has 3 aromatic rings. The molecule has 0 aliphatic rings. The second-order valence-corrected chi connectivity index (χ2v) is 7.18. The number of nitrogen functional groups attached to an aromatic ring is 1. The molecule has 0 aromatic carbocycles. The minimum atomic E-state index is -4.68. The van der Waals surface area contributed by atoms with Crippen molar-refractivity contribution in [2.24, 2.45) is 0 Å². The van der Waals surface area contributed by atoms with Crippen LogP contribution in [0, 0.1) is 0 Å². The molecule has 12 heteroatoms. The van der Waals surface area contributed by atoms with Crippen LogP contribution >= 0.6 is 11.8 Å². The van der Waals surface area contributed by atoms with Crippen molar-refractivity contribution in [2.45, 2.75) is 36.1 Å². The van der Waals surface area contributed by atoms with Gasteiger partial charge in [0.2, 0.25) is 0 Å². The smallest absolute Gasteiger partial charge is 0.433 e. The van der Waals surface area contributed by atoms with E-state index in [-0.39, 0.29) is 27.5 Å². The number of fused-ring (bicyclic) bond motifs is 1. The highest BCUT2D eigenvalue weighted by Gasteiger charge is 2.34. The maximum absolute atomic E-state index is 12.9. The van der Waals surface area contributed by atoms with Crippen LogP contribution in [0.4, 0.5) is 32.2 Å². The van der Waals surface area contributed by atoms with E-state index >= 15 is 0 Å². The van der Waals surface area contributed by atoms with E-state index in [0.29, 0.717) is 11.8 Å². The summed E-state index contributed by atoms with van der Waals surface area (Å²) in [5.74, 6) is -0.345. The predicted molar refractivity (Wildman–Crippen MR) is 89.5 cm³/mol. The second-order valence-electron chi connectivity index (χ2n) is 5.88. The molecule has 0 radical (unpaired) electrons. The average molecular weight is 422 g/mol. The van der Waals surface area contributed by atoms with Crippen molar-refractivity contribution in [2.75, 3.05) is 5.73 Å². The van der Waals surface area contributed by atoms with Gasteiger partial charge in [0.15, 0.2) is 16.4 Å². The first-order valence-electron chi connectivity index (χ1n) is 7.73. The number of pyridine rings is 1. The lowest BCUT2D eigenvalue weighted by Gasteiger charge is -2.12. The number of nitrogens with zero attached hydrogens (tertiary/aromatic N) is 3. The average Bonchev–Trinajstić information content (AvgIpc) is 2.94. The zero-order chi connectivity index (χ0) is 20.7. The summed E-state index contributed by atoms with van der Waals surface area (Å²) < 4.78 is 81.7. The fourth-order valence-corrected chi connectivity index (χ4v) is 3.31. The summed E-state index contributed by atoms with van der Waals surface area (Å²) in [5.41, 5.74) is 4.69. The highest BCUT2D eigenvalue weighted by Crippen LogP contribution is 2.37. The zero-order valence-corrected chi connectivity index (χ0v) is 14.9. The Kier molecular flexibility index (Phi) is 5.17. The van der Waals surface area contributed by atoms with Gasteiger partial charge >= 0.3 is 12.4 Å². The maximum Gasteiger partial charge on any atom is 0.433 e. The first-order valence-corrected chi connectivity index (χ1v) is 8.61. The van der Waals surface area contributed by atoms with Crippen LogP contribution in [-0.2, 0) is 12.6 Å². The second kappa shape index (κ2) is 7.15. The molecular weight excluding hydrogens is 410 g/mol. The van der Waals surface area contributed by atoms with Gasteiger partial charge in [-0.25, -0.2) is 9.97 Å². The summed E-state index contributed by atoms with van der Waals surface area (Å²) in [5, 5.41) is -0.537. The van der Waals surface area contributed by atoms with E-state index in [2.05, 4.69) is 15.0 Å². The van der Waals surface area contributed by atoms with Crippen molar-refractivity contribution in [3.05, 3.63) is 41.5 Å². The lowest BCUT2D eigenvalue weighted by atomic mass is 10.1. The fourth-order valence-electron chi connectivity index (χ4n) is 2.44. The minimum Gasteiger partial charge on any atom is -0.462 e. The molecule has 150 valence electrons. The van der Waals surface area contributed by atoms with Gasteiger partial charge in [0.05, 0.1) is 29.8 Å². The highest BCUT2D eigenvalue weighted by atomic mass is 32.2. The van der Waals surface area contributed by atoms with E-state index in [4.69, 9.17) is 10.2 Å². The van der Waals surface area contributed by atoms with Gasteiger partial charge in [0.1, 0.15) is 5.82 Å². The molecule has 0 saturated carbocycles. The molecule has 5 nitrogen and oxygen atoms in total. The molecular formula is C16H12F6N4OS. The Morgan fingerprint density at radius 3 is 2.50 bits per heavy atom. The number of hydrogen-bond donors (Lipinski definition) is 1. The Balaban J connectivity index is 1.89. The Hall–Kier alpha value is -2.50. The van der Waals surface area contributed by atoms with Gasteiger partial charge < -0.3 is 10.2 Å².